The molecule has 0 aromatic heterocycles. The van der Waals surface area contributed by atoms with Crippen molar-refractivity contribution in [3.63, 3.8) is 0 Å². The molecule has 0 N–H and O–H groups in total. The van der Waals surface area contributed by atoms with Gasteiger partial charge in [-0.25, -0.2) is 0 Å². The number of hydrogen-bond donors (Lipinski definition) is 0. The van der Waals surface area contributed by atoms with Crippen LogP contribution in [0.1, 0.15) is 0 Å². The van der Waals surface area contributed by atoms with Gasteiger partial charge in [-0.15, -0.1) is 0 Å². The maximum atomic E-state index is 12.8. The van der Waals surface area contributed by atoms with E-state index in [1.165, 1.54) is 31.8 Å². The third-order valence-corrected chi connectivity index (χ3v) is 19.0. The van der Waals surface area contributed by atoms with Crippen LogP contribution in [-0.4, -0.2) is 39.4 Å². The van der Waals surface area contributed by atoms with E-state index in [0.29, 0.717) is 11.5 Å². The van der Waals surface area contributed by atoms with Gasteiger partial charge in [0.1, 0.15) is 0 Å². The minimum absolute atomic E-state index is 0.0501. The summed E-state index contributed by atoms with van der Waals surface area (Å²) in [5, 5.41) is 7.74. The van der Waals surface area contributed by atoms with Crippen molar-refractivity contribution in [1.29, 1.82) is 0 Å². The van der Waals surface area contributed by atoms with Crippen LogP contribution in [0.25, 0.3) is 11.1 Å². The molecular weight excluding hydrogens is 660 g/mol. The van der Waals surface area contributed by atoms with Gasteiger partial charge >= 0.3 is 297 Å². The average Bonchev–Trinajstić information content (AvgIpc) is 3.19. The molecule has 0 amide bonds. The quantitative estimate of drug-likeness (QED) is 0.0800. The summed E-state index contributed by atoms with van der Waals surface area (Å²) in [6.45, 7) is 5.65. The molecule has 0 bridgehead atoms. The SMILES string of the molecule is C=CC[PH](c1ccccc1)(c1ccc(OCCF)cc1)c1ccc(-c2ccc([PH](C)(c3ccccc3)c3ccc(OCCF)cc3)cc2)cc1. The van der Waals surface area contributed by atoms with E-state index in [-0.39, 0.29) is 13.2 Å². The van der Waals surface area contributed by atoms with Gasteiger partial charge in [0, 0.05) is 0 Å². The Hall–Kier alpha value is -4.62. The predicted molar refractivity (Wildman–Crippen MR) is 216 cm³/mol. The van der Waals surface area contributed by atoms with Crippen LogP contribution in [0.3, 0.4) is 0 Å². The number of benzene rings is 6. The molecule has 0 saturated carbocycles. The Balaban J connectivity index is 1.35. The molecule has 0 aliphatic carbocycles. The summed E-state index contributed by atoms with van der Waals surface area (Å²) in [5.41, 5.74) is 2.31. The van der Waals surface area contributed by atoms with E-state index in [1.807, 2.05) is 30.3 Å². The summed E-state index contributed by atoms with van der Waals surface area (Å²) in [6, 6.07) is 55.9. The van der Waals surface area contributed by atoms with Crippen molar-refractivity contribution in [2.75, 3.05) is 39.4 Å². The van der Waals surface area contributed by atoms with E-state index in [2.05, 4.69) is 147 Å². The number of alkyl halides is 2. The zero-order valence-electron chi connectivity index (χ0n) is 28.4. The summed E-state index contributed by atoms with van der Waals surface area (Å²) in [4.78, 5) is 0. The number of allylic oxidation sites excluding steroid dienone is 1. The van der Waals surface area contributed by atoms with Crippen LogP contribution >= 0.6 is 14.5 Å². The van der Waals surface area contributed by atoms with Crippen molar-refractivity contribution in [2.45, 2.75) is 0 Å². The van der Waals surface area contributed by atoms with Gasteiger partial charge in [0.25, 0.3) is 0 Å². The Morgan fingerprint density at radius 1 is 0.480 bits per heavy atom. The van der Waals surface area contributed by atoms with Crippen LogP contribution in [0.2, 0.25) is 0 Å². The monoisotopic (exact) mass is 704 g/mol. The van der Waals surface area contributed by atoms with Crippen LogP contribution in [0.4, 0.5) is 8.78 Å². The second-order valence-corrected chi connectivity index (χ2v) is 20.5. The number of rotatable bonds is 15. The summed E-state index contributed by atoms with van der Waals surface area (Å²) in [5.74, 6) is 1.35. The number of ether oxygens (including phenoxy) is 2. The zero-order chi connectivity index (χ0) is 34.8. The van der Waals surface area contributed by atoms with E-state index in [4.69, 9.17) is 9.47 Å². The fourth-order valence-corrected chi connectivity index (χ4v) is 14.9. The van der Waals surface area contributed by atoms with Crippen LogP contribution in [0.5, 0.6) is 11.5 Å². The molecule has 0 unspecified atom stereocenters. The van der Waals surface area contributed by atoms with Gasteiger partial charge in [0.2, 0.25) is 0 Å². The van der Waals surface area contributed by atoms with Crippen LogP contribution in [0.15, 0.2) is 170 Å². The summed E-state index contributed by atoms with van der Waals surface area (Å²) in [7, 11) is -4.84. The molecule has 0 saturated heterocycles. The Morgan fingerprint density at radius 2 is 0.820 bits per heavy atom. The van der Waals surface area contributed by atoms with Crippen molar-refractivity contribution >= 4 is 46.4 Å². The molecule has 256 valence electrons. The molecule has 6 rings (SSSR count). The molecule has 0 aliphatic heterocycles. The Kier molecular flexibility index (Phi) is 11.5. The van der Waals surface area contributed by atoms with Crippen molar-refractivity contribution in [1.82, 2.24) is 0 Å². The third-order valence-electron chi connectivity index (χ3n) is 9.71. The van der Waals surface area contributed by atoms with Gasteiger partial charge < -0.3 is 0 Å². The van der Waals surface area contributed by atoms with Gasteiger partial charge in [-0.05, 0) is 0 Å². The molecule has 6 heteroatoms. The van der Waals surface area contributed by atoms with Gasteiger partial charge in [0.05, 0.1) is 0 Å². The first-order valence-electron chi connectivity index (χ1n) is 17.0. The van der Waals surface area contributed by atoms with E-state index in [9.17, 15) is 8.78 Å². The summed E-state index contributed by atoms with van der Waals surface area (Å²) < 4.78 is 36.6. The van der Waals surface area contributed by atoms with E-state index < -0.39 is 27.9 Å². The van der Waals surface area contributed by atoms with Crippen molar-refractivity contribution in [3.8, 4) is 22.6 Å². The fourth-order valence-electron chi connectivity index (χ4n) is 7.04. The molecule has 0 radical (unpaired) electrons. The van der Waals surface area contributed by atoms with Crippen LogP contribution in [0, 0.1) is 0 Å². The fraction of sp³-hybridized carbons (Fsp3) is 0.136. The Morgan fingerprint density at radius 3 is 1.24 bits per heavy atom. The maximum absolute atomic E-state index is 12.8. The van der Waals surface area contributed by atoms with Gasteiger partial charge in [0.15, 0.2) is 0 Å². The molecule has 0 heterocycles. The van der Waals surface area contributed by atoms with Gasteiger partial charge in [-0.2, -0.15) is 0 Å². The molecule has 0 fully saturated rings. The molecule has 6 aromatic carbocycles. The minimum atomic E-state index is -2.49. The molecule has 6 aromatic rings. The van der Waals surface area contributed by atoms with Crippen LogP contribution < -0.4 is 41.3 Å². The third kappa shape index (κ3) is 7.29. The first-order valence-corrected chi connectivity index (χ1v) is 21.8. The molecular formula is C44H44F2O2P2. The first-order chi connectivity index (χ1) is 24.5. The molecule has 0 spiro atoms. The van der Waals surface area contributed by atoms with E-state index in [0.717, 1.165) is 17.3 Å². The van der Waals surface area contributed by atoms with E-state index >= 15 is 0 Å². The van der Waals surface area contributed by atoms with Crippen LogP contribution in [-0.2, 0) is 0 Å². The number of hydrogen-bond acceptors (Lipinski definition) is 2. The zero-order valence-corrected chi connectivity index (χ0v) is 30.4. The molecule has 50 heavy (non-hydrogen) atoms. The summed E-state index contributed by atoms with van der Waals surface area (Å²) >= 11 is 0. The van der Waals surface area contributed by atoms with Gasteiger partial charge in [-0.3, -0.25) is 0 Å². The Labute approximate surface area is 296 Å². The van der Waals surface area contributed by atoms with E-state index in [1.54, 1.807) is 0 Å². The summed E-state index contributed by atoms with van der Waals surface area (Å²) in [6.07, 6.45) is 2.87. The predicted octanol–water partition coefficient (Wildman–Crippen LogP) is 7.92. The van der Waals surface area contributed by atoms with Gasteiger partial charge in [-0.1, -0.05) is 0 Å². The topological polar surface area (TPSA) is 18.5 Å². The van der Waals surface area contributed by atoms with Crippen molar-refractivity contribution < 1.29 is 18.3 Å². The van der Waals surface area contributed by atoms with Crippen molar-refractivity contribution in [3.05, 3.63) is 170 Å². The normalized spacial score (nSPS) is 12.2. The second kappa shape index (κ2) is 16.4. The molecule has 2 nitrogen and oxygen atoms in total. The average molecular weight is 705 g/mol. The molecule has 0 atom stereocenters. The second-order valence-electron chi connectivity index (χ2n) is 12.5. The number of halogens is 2. The Bertz CT molecular complexity index is 1950. The standard InChI is InChI=1S/C44H44F2O2P2/c1-3-34-50(42-12-8-5-9-13-42,44-28-20-38(21-29-44)48-33-31-46)43-24-16-36(17-25-43)35-14-22-40(23-15-35)49(2,39-10-6-4-7-11-39)41-26-18-37(19-27-41)47-32-30-45/h3-29,49-50H,1,30-34H2,2H3. The van der Waals surface area contributed by atoms with Crippen molar-refractivity contribution in [2.24, 2.45) is 0 Å². The molecule has 0 aliphatic rings. The first kappa shape index (κ1) is 35.2.